The minimum absolute atomic E-state index is 0. The minimum atomic E-state index is -1.56. The van der Waals surface area contributed by atoms with E-state index in [4.69, 9.17) is 0 Å². The maximum atomic E-state index is 4.00. The molecule has 0 heterocycles. The largest absolute Gasteiger partial charge is 0.147 e. The number of allylic oxidation sites excluding steroid dienone is 4. The number of hydrogen-bond acceptors (Lipinski definition) is 1. The molecule has 0 saturated heterocycles. The molecule has 1 unspecified atom stereocenters. The quantitative estimate of drug-likeness (QED) is 0.611. The van der Waals surface area contributed by atoms with E-state index in [0.717, 1.165) is 6.04 Å². The fourth-order valence-corrected chi connectivity index (χ4v) is 24.3. The summed E-state index contributed by atoms with van der Waals surface area (Å²) in [5.41, 5.74) is 1.49. The van der Waals surface area contributed by atoms with Crippen molar-refractivity contribution in [1.82, 2.24) is 3.30 Å². The molecule has 0 aliphatic heterocycles. The molecule has 1 N–H and O–H groups in total. The van der Waals surface area contributed by atoms with Crippen LogP contribution in [0.25, 0.3) is 0 Å². The van der Waals surface area contributed by atoms with E-state index in [1.54, 1.807) is 0 Å². The fourth-order valence-electron chi connectivity index (χ4n) is 1.85. The molecule has 1 atom stereocenters. The molecular formula is C12H26Cl2HfNSi. The maximum Gasteiger partial charge on any atom is -0.147 e. The van der Waals surface area contributed by atoms with Crippen molar-refractivity contribution < 1.29 is 20.9 Å². The minimum Gasteiger partial charge on any atom is -0.147 e. The van der Waals surface area contributed by atoms with E-state index in [-0.39, 0.29) is 24.8 Å². The number of hydrogen-bond donors (Lipinski definition) is 1. The van der Waals surface area contributed by atoms with Gasteiger partial charge in [-0.15, -0.1) is 24.8 Å². The summed E-state index contributed by atoms with van der Waals surface area (Å²) in [6, 6.07) is 0.740. The van der Waals surface area contributed by atoms with Gasteiger partial charge in [0, 0.05) is 0 Å². The van der Waals surface area contributed by atoms with Gasteiger partial charge in [0.25, 0.3) is 0 Å². The second-order valence-electron chi connectivity index (χ2n) is 4.84. The summed E-state index contributed by atoms with van der Waals surface area (Å²) < 4.78 is 5.83. The number of halogens is 2. The summed E-state index contributed by atoms with van der Waals surface area (Å²) in [5.74, 6) is -0.436. The Kier molecular flexibility index (Phi) is 12.0. The van der Waals surface area contributed by atoms with E-state index in [1.165, 1.54) is 18.4 Å². The molecule has 0 saturated carbocycles. The van der Waals surface area contributed by atoms with E-state index in [9.17, 15) is 0 Å². The standard InChI is InChI=1S/C6H7.C4H10N.C2H7Si.2ClH.Hf/c1-6-4-2-3-5-6;1-3-4(2)5;1-3-2;;;/h4-5H,2H2,1H3;4-5H,3H2,1-2H3;3H,1-2H3;2*1H;/q;-1;;;;+1. The third kappa shape index (κ3) is 6.72. The van der Waals surface area contributed by atoms with Gasteiger partial charge in [0.2, 0.25) is 0 Å². The molecule has 0 radical (unpaired) electrons. The fraction of sp³-hybridized carbons (Fsp3) is 0.667. The molecule has 1 aliphatic rings. The predicted molar refractivity (Wildman–Crippen MR) is 82.7 cm³/mol. The Labute approximate surface area is 128 Å². The van der Waals surface area contributed by atoms with Crippen LogP contribution in [-0.2, 0) is 20.9 Å². The third-order valence-corrected chi connectivity index (χ3v) is 27.6. The Hall–Kier alpha value is 1.11. The van der Waals surface area contributed by atoms with Crippen LogP contribution in [0.1, 0.15) is 33.6 Å². The molecular weight excluding hydrogens is 436 g/mol. The van der Waals surface area contributed by atoms with Crippen LogP contribution in [0.4, 0.5) is 0 Å². The van der Waals surface area contributed by atoms with Crippen molar-refractivity contribution in [3.63, 3.8) is 0 Å². The maximum absolute atomic E-state index is 4.00. The first-order chi connectivity index (χ1) is 7.04. The Morgan fingerprint density at radius 1 is 1.41 bits per heavy atom. The molecule has 0 amide bonds. The van der Waals surface area contributed by atoms with Gasteiger partial charge in [0.05, 0.1) is 0 Å². The van der Waals surface area contributed by atoms with Gasteiger partial charge in [0.15, 0.2) is 0 Å². The normalized spacial score (nSPS) is 15.6. The van der Waals surface area contributed by atoms with E-state index in [0.29, 0.717) is 0 Å². The summed E-state index contributed by atoms with van der Waals surface area (Å²) in [4.78, 5) is 0. The van der Waals surface area contributed by atoms with Gasteiger partial charge >= 0.3 is 104 Å². The first kappa shape index (κ1) is 20.4. The van der Waals surface area contributed by atoms with Crippen molar-refractivity contribution in [1.29, 1.82) is 0 Å². The van der Waals surface area contributed by atoms with Gasteiger partial charge in [-0.3, -0.25) is 0 Å². The van der Waals surface area contributed by atoms with Crippen LogP contribution in [0, 0.1) is 0 Å². The van der Waals surface area contributed by atoms with Crippen molar-refractivity contribution in [2.45, 2.75) is 52.7 Å². The zero-order valence-corrected chi connectivity index (χ0v) is 17.9. The molecule has 0 spiro atoms. The summed E-state index contributed by atoms with van der Waals surface area (Å²) in [5, 5.41) is 0. The molecule has 101 valence electrons. The molecule has 5 heteroatoms. The van der Waals surface area contributed by atoms with Crippen LogP contribution in [0.5, 0.6) is 0 Å². The zero-order valence-electron chi connectivity index (χ0n) is 11.5. The van der Waals surface area contributed by atoms with Gasteiger partial charge in [0.1, 0.15) is 0 Å². The molecule has 0 aromatic rings. The molecule has 17 heavy (non-hydrogen) atoms. The molecule has 1 aliphatic carbocycles. The van der Waals surface area contributed by atoms with Gasteiger partial charge < -0.3 is 0 Å². The zero-order chi connectivity index (χ0) is 11.4. The van der Waals surface area contributed by atoms with Crippen molar-refractivity contribution in [2.24, 2.45) is 0 Å². The van der Waals surface area contributed by atoms with Crippen LogP contribution in [-0.4, -0.2) is 12.0 Å². The van der Waals surface area contributed by atoms with Crippen LogP contribution >= 0.6 is 24.8 Å². The van der Waals surface area contributed by atoms with E-state index >= 15 is 0 Å². The predicted octanol–water partition coefficient (Wildman–Crippen LogP) is 3.97. The van der Waals surface area contributed by atoms with Crippen LogP contribution in [0.2, 0.25) is 13.1 Å². The summed E-state index contributed by atoms with van der Waals surface area (Å²) in [6.45, 7) is 11.9. The van der Waals surface area contributed by atoms with Crippen LogP contribution < -0.4 is 3.30 Å². The molecule has 0 bridgehead atoms. The molecule has 1 rings (SSSR count). The van der Waals surface area contributed by atoms with Gasteiger partial charge in [-0.1, -0.05) is 0 Å². The van der Waals surface area contributed by atoms with E-state index in [1.807, 2.05) is 3.33 Å². The SMILES string of the molecule is CCC(C)[NH][Hf]([C]1=CC(C)=CC1)[SiH](C)C.Cl.Cl. The Morgan fingerprint density at radius 3 is 2.35 bits per heavy atom. The molecule has 1 nitrogen and oxygen atoms in total. The molecule has 0 aromatic heterocycles. The van der Waals surface area contributed by atoms with Crippen LogP contribution in [0.15, 0.2) is 21.1 Å². The monoisotopic (exact) mass is 462 g/mol. The second-order valence-corrected chi connectivity index (χ2v) is 30.6. The smallest absolute Gasteiger partial charge is 0.147 e. The average molecular weight is 462 g/mol. The van der Waals surface area contributed by atoms with E-state index in [2.05, 4.69) is 49.3 Å². The van der Waals surface area contributed by atoms with Crippen molar-refractivity contribution in [2.75, 3.05) is 0 Å². The number of rotatable bonds is 5. The number of nitrogens with one attached hydrogen (secondary N) is 1. The summed E-state index contributed by atoms with van der Waals surface area (Å²) in [6.07, 6.45) is 7.41. The van der Waals surface area contributed by atoms with Gasteiger partial charge in [-0.25, -0.2) is 0 Å². The second kappa shape index (κ2) is 9.96. The van der Waals surface area contributed by atoms with Crippen molar-refractivity contribution >= 4 is 30.8 Å². The average Bonchev–Trinajstić information content (AvgIpc) is 2.60. The first-order valence-electron chi connectivity index (χ1n) is 6.05. The first-order valence-corrected chi connectivity index (χ1v) is 18.8. The molecule has 0 aromatic carbocycles. The van der Waals surface area contributed by atoms with E-state index < -0.39 is 26.9 Å². The Bertz CT molecular complexity index is 280. The van der Waals surface area contributed by atoms with Crippen LogP contribution in [0.3, 0.4) is 0 Å². The Morgan fingerprint density at radius 2 is 2.00 bits per heavy atom. The Balaban J connectivity index is 0. The van der Waals surface area contributed by atoms with Crippen molar-refractivity contribution in [3.05, 3.63) is 21.1 Å². The van der Waals surface area contributed by atoms with Gasteiger partial charge in [-0.2, -0.15) is 0 Å². The summed E-state index contributed by atoms with van der Waals surface area (Å²) in [7, 11) is 0. The molecule has 0 fully saturated rings. The van der Waals surface area contributed by atoms with Crippen molar-refractivity contribution in [3.8, 4) is 0 Å². The third-order valence-electron chi connectivity index (χ3n) is 2.98. The summed E-state index contributed by atoms with van der Waals surface area (Å²) >= 11 is -1.56. The topological polar surface area (TPSA) is 12.0 Å². The van der Waals surface area contributed by atoms with Gasteiger partial charge in [-0.05, 0) is 0 Å².